The Bertz CT molecular complexity index is 892. The van der Waals surface area contributed by atoms with E-state index < -0.39 is 16.1 Å². The van der Waals surface area contributed by atoms with Gasteiger partial charge in [-0.1, -0.05) is 13.8 Å². The summed E-state index contributed by atoms with van der Waals surface area (Å²) in [6.07, 6.45) is 2.71. The number of amides is 2. The molecule has 2 heterocycles. The summed E-state index contributed by atoms with van der Waals surface area (Å²) < 4.78 is 27.1. The van der Waals surface area contributed by atoms with Crippen LogP contribution in [0.25, 0.3) is 0 Å². The monoisotopic (exact) mass is 436 g/mol. The summed E-state index contributed by atoms with van der Waals surface area (Å²) in [5.74, 6) is -0.429. The zero-order chi connectivity index (χ0) is 21.9. The normalized spacial score (nSPS) is 19.3. The Kier molecular flexibility index (Phi) is 7.15. The highest BCUT2D eigenvalue weighted by molar-refractivity contribution is 7.89. The van der Waals surface area contributed by atoms with Gasteiger partial charge in [0.1, 0.15) is 6.04 Å². The molecule has 8 nitrogen and oxygen atoms in total. The summed E-state index contributed by atoms with van der Waals surface area (Å²) in [5, 5.41) is 2.95. The molecule has 3 rings (SSSR count). The molecule has 0 bridgehead atoms. The largest absolute Gasteiger partial charge is 0.353 e. The molecule has 1 N–H and O–H groups in total. The van der Waals surface area contributed by atoms with E-state index in [1.165, 1.54) is 35.0 Å². The molecule has 30 heavy (non-hydrogen) atoms. The molecule has 1 aromatic carbocycles. The van der Waals surface area contributed by atoms with Gasteiger partial charge in [0.15, 0.2) is 0 Å². The van der Waals surface area contributed by atoms with Crippen molar-refractivity contribution in [2.75, 3.05) is 44.2 Å². The van der Waals surface area contributed by atoms with Crippen molar-refractivity contribution in [2.45, 2.75) is 51.0 Å². The SMILES string of the molecule is CCN(CC)S(=O)(=O)c1ccc2c(c1)CC(C(=O)NCCN1CCCC1)N2C(C)=O. The Hall–Kier alpha value is -1.97. The number of sulfonamides is 1. The molecule has 9 heteroatoms. The fraction of sp³-hybridized carbons (Fsp3) is 0.619. The summed E-state index contributed by atoms with van der Waals surface area (Å²) in [7, 11) is -3.60. The molecular weight excluding hydrogens is 404 g/mol. The molecule has 2 aliphatic rings. The van der Waals surface area contributed by atoms with Crippen LogP contribution in [0.3, 0.4) is 0 Å². The van der Waals surface area contributed by atoms with Crippen LogP contribution in [-0.4, -0.2) is 74.7 Å². The minimum absolute atomic E-state index is 0.198. The van der Waals surface area contributed by atoms with Crippen molar-refractivity contribution in [1.82, 2.24) is 14.5 Å². The Labute approximate surface area is 179 Å². The highest BCUT2D eigenvalue weighted by atomic mass is 32.2. The van der Waals surface area contributed by atoms with E-state index in [-0.39, 0.29) is 16.7 Å². The summed E-state index contributed by atoms with van der Waals surface area (Å²) in [6, 6.07) is 4.12. The Morgan fingerprint density at radius 3 is 2.43 bits per heavy atom. The minimum Gasteiger partial charge on any atom is -0.353 e. The van der Waals surface area contributed by atoms with Crippen LogP contribution >= 0.6 is 0 Å². The Balaban J connectivity index is 1.76. The fourth-order valence-electron chi connectivity index (χ4n) is 4.36. The number of likely N-dealkylation sites (tertiary alicyclic amines) is 1. The van der Waals surface area contributed by atoms with Gasteiger partial charge in [-0.2, -0.15) is 4.31 Å². The molecule has 0 aliphatic carbocycles. The van der Waals surface area contributed by atoms with Gasteiger partial charge in [-0.3, -0.25) is 14.5 Å². The number of carbonyl (C=O) groups excluding carboxylic acids is 2. The first-order chi connectivity index (χ1) is 14.3. The lowest BCUT2D eigenvalue weighted by molar-refractivity contribution is -0.125. The molecule has 0 saturated carbocycles. The molecule has 166 valence electrons. The molecule has 1 atom stereocenters. The predicted octanol–water partition coefficient (Wildman–Crippen LogP) is 1.21. The molecule has 2 aliphatic heterocycles. The Morgan fingerprint density at radius 2 is 1.83 bits per heavy atom. The third-order valence-electron chi connectivity index (χ3n) is 5.95. The molecule has 1 unspecified atom stereocenters. The van der Waals surface area contributed by atoms with Crippen LogP contribution in [0.1, 0.15) is 39.2 Å². The predicted molar refractivity (Wildman–Crippen MR) is 116 cm³/mol. The molecule has 1 fully saturated rings. The van der Waals surface area contributed by atoms with Gasteiger partial charge in [0.25, 0.3) is 0 Å². The van der Waals surface area contributed by atoms with Crippen LogP contribution in [0.2, 0.25) is 0 Å². The van der Waals surface area contributed by atoms with Crippen LogP contribution in [0.5, 0.6) is 0 Å². The fourth-order valence-corrected chi connectivity index (χ4v) is 5.87. The van der Waals surface area contributed by atoms with E-state index in [1.807, 2.05) is 0 Å². The third kappa shape index (κ3) is 4.53. The molecule has 0 aromatic heterocycles. The lowest BCUT2D eigenvalue weighted by Crippen LogP contribution is -2.48. The van der Waals surface area contributed by atoms with Crippen molar-refractivity contribution in [2.24, 2.45) is 0 Å². The van der Waals surface area contributed by atoms with E-state index in [9.17, 15) is 18.0 Å². The van der Waals surface area contributed by atoms with E-state index in [4.69, 9.17) is 0 Å². The van der Waals surface area contributed by atoms with Crippen LogP contribution in [0.15, 0.2) is 23.1 Å². The van der Waals surface area contributed by atoms with Crippen molar-refractivity contribution >= 4 is 27.5 Å². The number of anilines is 1. The second kappa shape index (κ2) is 9.45. The van der Waals surface area contributed by atoms with Gasteiger partial charge in [0.05, 0.1) is 4.90 Å². The van der Waals surface area contributed by atoms with E-state index in [0.29, 0.717) is 37.3 Å². The number of rotatable bonds is 8. The maximum atomic E-state index is 12.9. The summed E-state index contributed by atoms with van der Waals surface area (Å²) >= 11 is 0. The first-order valence-electron chi connectivity index (χ1n) is 10.7. The number of nitrogens with one attached hydrogen (secondary N) is 1. The molecule has 1 saturated heterocycles. The second-order valence-electron chi connectivity index (χ2n) is 7.83. The zero-order valence-electron chi connectivity index (χ0n) is 18.1. The van der Waals surface area contributed by atoms with Gasteiger partial charge in [0.2, 0.25) is 21.8 Å². The van der Waals surface area contributed by atoms with E-state index in [0.717, 1.165) is 19.6 Å². The number of benzene rings is 1. The zero-order valence-corrected chi connectivity index (χ0v) is 18.9. The van der Waals surface area contributed by atoms with Crippen molar-refractivity contribution in [1.29, 1.82) is 0 Å². The standard InChI is InChI=1S/C21H32N4O4S/c1-4-24(5-2)30(28,29)18-8-9-19-17(14-18)15-20(25(19)16(3)26)21(27)22-10-13-23-11-6-7-12-23/h8-9,14,20H,4-7,10-13,15H2,1-3H3,(H,22,27). The average Bonchev–Trinajstić information content (AvgIpc) is 3.35. The first-order valence-corrected chi connectivity index (χ1v) is 12.2. The Morgan fingerprint density at radius 1 is 1.17 bits per heavy atom. The lowest BCUT2D eigenvalue weighted by atomic mass is 10.1. The van der Waals surface area contributed by atoms with Gasteiger partial charge in [0, 0.05) is 45.2 Å². The topological polar surface area (TPSA) is 90.0 Å². The highest BCUT2D eigenvalue weighted by Crippen LogP contribution is 2.34. The van der Waals surface area contributed by atoms with Gasteiger partial charge in [-0.15, -0.1) is 0 Å². The highest BCUT2D eigenvalue weighted by Gasteiger charge is 2.38. The maximum absolute atomic E-state index is 12.9. The van der Waals surface area contributed by atoms with Crippen molar-refractivity contribution in [3.8, 4) is 0 Å². The number of fused-ring (bicyclic) bond motifs is 1. The number of nitrogens with zero attached hydrogens (tertiary/aromatic N) is 3. The smallest absolute Gasteiger partial charge is 0.243 e. The van der Waals surface area contributed by atoms with Gasteiger partial charge in [-0.25, -0.2) is 8.42 Å². The van der Waals surface area contributed by atoms with E-state index in [1.54, 1.807) is 26.0 Å². The van der Waals surface area contributed by atoms with Crippen molar-refractivity contribution < 1.29 is 18.0 Å². The van der Waals surface area contributed by atoms with Crippen LogP contribution in [0.4, 0.5) is 5.69 Å². The summed E-state index contributed by atoms with van der Waals surface area (Å²) in [6.45, 7) is 9.27. The molecule has 2 amide bonds. The van der Waals surface area contributed by atoms with Crippen LogP contribution in [0, 0.1) is 0 Å². The molecule has 0 spiro atoms. The molecule has 1 aromatic rings. The van der Waals surface area contributed by atoms with Gasteiger partial charge in [-0.05, 0) is 49.7 Å². The first kappa shape index (κ1) is 22.7. The van der Waals surface area contributed by atoms with E-state index in [2.05, 4.69) is 10.2 Å². The number of hydrogen-bond acceptors (Lipinski definition) is 5. The lowest BCUT2D eigenvalue weighted by Gasteiger charge is -2.24. The maximum Gasteiger partial charge on any atom is 0.243 e. The van der Waals surface area contributed by atoms with Crippen LogP contribution < -0.4 is 10.2 Å². The number of carbonyl (C=O) groups is 2. The minimum atomic E-state index is -3.60. The quantitative estimate of drug-likeness (QED) is 0.662. The molecular formula is C21H32N4O4S. The van der Waals surface area contributed by atoms with Crippen LogP contribution in [-0.2, 0) is 26.0 Å². The van der Waals surface area contributed by atoms with Gasteiger partial charge >= 0.3 is 0 Å². The van der Waals surface area contributed by atoms with E-state index >= 15 is 0 Å². The summed E-state index contributed by atoms with van der Waals surface area (Å²) in [4.78, 5) is 29.1. The van der Waals surface area contributed by atoms with Crippen molar-refractivity contribution in [3.63, 3.8) is 0 Å². The van der Waals surface area contributed by atoms with Gasteiger partial charge < -0.3 is 10.2 Å². The number of hydrogen-bond donors (Lipinski definition) is 1. The third-order valence-corrected chi connectivity index (χ3v) is 7.99. The second-order valence-corrected chi connectivity index (χ2v) is 9.77. The van der Waals surface area contributed by atoms with Crippen molar-refractivity contribution in [3.05, 3.63) is 23.8 Å². The average molecular weight is 437 g/mol. The summed E-state index contributed by atoms with van der Waals surface area (Å²) in [5.41, 5.74) is 1.32. The molecule has 0 radical (unpaired) electrons.